The van der Waals surface area contributed by atoms with Crippen molar-refractivity contribution < 1.29 is 0 Å². The molecule has 0 aromatic rings. The maximum absolute atomic E-state index is 4.87. The average Bonchev–Trinajstić information content (AvgIpc) is 2.50. The predicted molar refractivity (Wildman–Crippen MR) is 62.2 cm³/mol. The summed E-state index contributed by atoms with van der Waals surface area (Å²) >= 11 is 4.87. The number of nitrogens with zero attached hydrogens (tertiary/aromatic N) is 3. The van der Waals surface area contributed by atoms with E-state index >= 15 is 0 Å². The molecule has 0 fully saturated rings. The molecule has 0 bridgehead atoms. The van der Waals surface area contributed by atoms with Gasteiger partial charge in [0.25, 0.3) is 0 Å². The summed E-state index contributed by atoms with van der Waals surface area (Å²) in [6.07, 6.45) is 1.72. The molecule has 6 heteroatoms. The molecular formula is C6H9N3S3. The lowest BCUT2D eigenvalue weighted by Gasteiger charge is -2.13. The zero-order valence-electron chi connectivity index (χ0n) is 6.80. The highest BCUT2D eigenvalue weighted by Crippen LogP contribution is 2.41. The summed E-state index contributed by atoms with van der Waals surface area (Å²) in [6, 6.07) is 0. The molecule has 0 saturated carbocycles. The molecule has 0 aromatic heterocycles. The molecule has 0 spiro atoms. The Bertz CT molecular complexity index is 226. The Hall–Kier alpha value is -0.0700. The van der Waals surface area contributed by atoms with Gasteiger partial charge in [0.2, 0.25) is 4.99 Å². The maximum Gasteiger partial charge on any atom is 0.238 e. The molecule has 0 aliphatic carbocycles. The van der Waals surface area contributed by atoms with Crippen molar-refractivity contribution in [1.29, 1.82) is 0 Å². The molecule has 1 rings (SSSR count). The van der Waals surface area contributed by atoms with Crippen molar-refractivity contribution in [1.82, 2.24) is 4.90 Å². The highest BCUT2D eigenvalue weighted by molar-refractivity contribution is 8.82. The summed E-state index contributed by atoms with van der Waals surface area (Å²) in [5.74, 6) is 0. The smallest absolute Gasteiger partial charge is 0.238 e. The molecule has 0 N–H and O–H groups in total. The van der Waals surface area contributed by atoms with Gasteiger partial charge in [0.05, 0.1) is 11.9 Å². The van der Waals surface area contributed by atoms with Crippen molar-refractivity contribution in [3.8, 4) is 0 Å². The van der Waals surface area contributed by atoms with Crippen LogP contribution in [-0.2, 0) is 0 Å². The number of hydrogen-bond donors (Lipinski definition) is 0. The highest BCUT2D eigenvalue weighted by atomic mass is 33.1. The first-order valence-corrected chi connectivity index (χ1v) is 5.93. The topological polar surface area (TPSA) is 28.0 Å². The van der Waals surface area contributed by atoms with Gasteiger partial charge in [0, 0.05) is 19.5 Å². The van der Waals surface area contributed by atoms with Gasteiger partial charge in [0.15, 0.2) is 0 Å². The van der Waals surface area contributed by atoms with E-state index < -0.39 is 4.99 Å². The monoisotopic (exact) mass is 219 g/mol. The third-order valence-electron chi connectivity index (χ3n) is 1.08. The van der Waals surface area contributed by atoms with Crippen LogP contribution < -0.4 is 0 Å². The van der Waals surface area contributed by atoms with Gasteiger partial charge in [-0.2, -0.15) is 0 Å². The minimum atomic E-state index is -0.565. The van der Waals surface area contributed by atoms with E-state index in [0.717, 1.165) is 0 Å². The van der Waals surface area contributed by atoms with Crippen LogP contribution >= 0.6 is 33.8 Å². The van der Waals surface area contributed by atoms with E-state index in [1.54, 1.807) is 38.8 Å². The Kier molecular flexibility index (Phi) is 3.54. The van der Waals surface area contributed by atoms with Crippen molar-refractivity contribution >= 4 is 51.1 Å². The predicted octanol–water partition coefficient (Wildman–Crippen LogP) is 1.65. The Morgan fingerprint density at radius 2 is 2.42 bits per heavy atom. The molecule has 0 radical (unpaired) electrons. The molecule has 0 amide bonds. The van der Waals surface area contributed by atoms with Gasteiger partial charge in [-0.25, -0.2) is 9.98 Å². The maximum atomic E-state index is 4.87. The van der Waals surface area contributed by atoms with Crippen LogP contribution in [-0.4, -0.2) is 41.2 Å². The van der Waals surface area contributed by atoms with Crippen molar-refractivity contribution in [2.45, 2.75) is 4.99 Å². The van der Waals surface area contributed by atoms with Crippen LogP contribution in [0.15, 0.2) is 9.98 Å². The van der Waals surface area contributed by atoms with Crippen LogP contribution in [0.5, 0.6) is 0 Å². The fourth-order valence-electron chi connectivity index (χ4n) is 0.544. The molecule has 0 aromatic carbocycles. The quantitative estimate of drug-likeness (QED) is 0.312. The van der Waals surface area contributed by atoms with E-state index in [1.165, 1.54) is 0 Å². The van der Waals surface area contributed by atoms with Gasteiger partial charge in [-0.15, -0.1) is 0 Å². The zero-order chi connectivity index (χ0) is 9.03. The summed E-state index contributed by atoms with van der Waals surface area (Å²) in [4.78, 5) is 9.73. The zero-order valence-corrected chi connectivity index (χ0v) is 9.25. The van der Waals surface area contributed by atoms with E-state index in [-0.39, 0.29) is 0 Å². The third-order valence-corrected chi connectivity index (χ3v) is 3.70. The van der Waals surface area contributed by atoms with E-state index in [4.69, 9.17) is 12.2 Å². The Labute approximate surface area is 85.1 Å². The molecule has 1 heterocycles. The number of rotatable bonds is 3. The first-order chi connectivity index (χ1) is 5.68. The van der Waals surface area contributed by atoms with Crippen LogP contribution in [0.3, 0.4) is 0 Å². The second kappa shape index (κ2) is 4.25. The summed E-state index contributed by atoms with van der Waals surface area (Å²) in [5, 5.41) is 1.58. The van der Waals surface area contributed by atoms with Gasteiger partial charge in [0.1, 0.15) is 0 Å². The second-order valence-electron chi connectivity index (χ2n) is 2.40. The van der Waals surface area contributed by atoms with Crippen molar-refractivity contribution in [3.05, 3.63) is 0 Å². The van der Waals surface area contributed by atoms with Gasteiger partial charge < -0.3 is 4.90 Å². The second-order valence-corrected chi connectivity index (χ2v) is 4.88. The van der Waals surface area contributed by atoms with Crippen LogP contribution in [0.1, 0.15) is 0 Å². The number of aliphatic imine (C=N–C) groups is 2. The van der Waals surface area contributed by atoms with Crippen LogP contribution in [0.25, 0.3) is 0 Å². The normalized spacial score (nSPS) is 28.2. The third kappa shape index (κ3) is 2.46. The molecule has 1 aliphatic rings. The molecule has 1 aliphatic heterocycles. The van der Waals surface area contributed by atoms with Gasteiger partial charge in [-0.05, 0) is 21.6 Å². The minimum absolute atomic E-state index is 0.565. The van der Waals surface area contributed by atoms with Crippen molar-refractivity contribution in [3.63, 3.8) is 0 Å². The fourth-order valence-corrected chi connectivity index (χ4v) is 2.76. The summed E-state index contributed by atoms with van der Waals surface area (Å²) in [5.41, 5.74) is 1.76. The van der Waals surface area contributed by atoms with E-state index in [0.29, 0.717) is 0 Å². The molecule has 1 unspecified atom stereocenters. The standard InChI is InChI=1S/C6H9N3S3/c1-9(2)4-7-6(3-10)8-5-11-12-6/h3-5H,1-2H3. The lowest BCUT2D eigenvalue weighted by atomic mass is 10.6. The summed E-state index contributed by atoms with van der Waals surface area (Å²) < 4.78 is 0. The van der Waals surface area contributed by atoms with E-state index in [1.807, 2.05) is 19.0 Å². The fraction of sp³-hybridized carbons (Fsp3) is 0.500. The van der Waals surface area contributed by atoms with Crippen LogP contribution in [0.2, 0.25) is 0 Å². The Morgan fingerprint density at radius 1 is 1.67 bits per heavy atom. The molecule has 66 valence electrons. The van der Waals surface area contributed by atoms with E-state index in [2.05, 4.69) is 9.98 Å². The molecule has 0 saturated heterocycles. The van der Waals surface area contributed by atoms with Gasteiger partial charge in [-0.1, -0.05) is 12.2 Å². The van der Waals surface area contributed by atoms with Crippen molar-refractivity contribution in [2.75, 3.05) is 14.1 Å². The van der Waals surface area contributed by atoms with E-state index in [9.17, 15) is 0 Å². The molecule has 1 atom stereocenters. The Morgan fingerprint density at radius 3 is 2.83 bits per heavy atom. The SMILES string of the molecule is CN(C)C=NC1(C=S)N=CSS1. The van der Waals surface area contributed by atoms with Gasteiger partial charge >= 0.3 is 0 Å². The number of thiocarbonyl (C=S) groups is 1. The lowest BCUT2D eigenvalue weighted by Crippen LogP contribution is -2.19. The largest absolute Gasteiger partial charge is 0.369 e. The summed E-state index contributed by atoms with van der Waals surface area (Å²) in [6.45, 7) is 0. The van der Waals surface area contributed by atoms with Gasteiger partial charge in [-0.3, -0.25) is 0 Å². The number of hydrogen-bond acceptors (Lipinski definition) is 5. The molecule has 3 nitrogen and oxygen atoms in total. The van der Waals surface area contributed by atoms with Crippen LogP contribution in [0.4, 0.5) is 0 Å². The average molecular weight is 219 g/mol. The van der Waals surface area contributed by atoms with Crippen LogP contribution in [0, 0.1) is 0 Å². The minimum Gasteiger partial charge on any atom is -0.369 e. The molecule has 12 heavy (non-hydrogen) atoms. The first-order valence-electron chi connectivity index (χ1n) is 3.25. The first kappa shape index (κ1) is 10.0. The summed E-state index contributed by atoms with van der Waals surface area (Å²) in [7, 11) is 6.92. The Balaban J connectivity index is 2.68. The highest BCUT2D eigenvalue weighted by Gasteiger charge is 2.29. The van der Waals surface area contributed by atoms with Crippen molar-refractivity contribution in [2.24, 2.45) is 9.98 Å². The lowest BCUT2D eigenvalue weighted by molar-refractivity contribution is 0.634. The molecular weight excluding hydrogens is 210 g/mol.